The maximum atomic E-state index is 12.0. The predicted molar refractivity (Wildman–Crippen MR) is 61.8 cm³/mol. The number of hydrogen-bond acceptors (Lipinski definition) is 2. The normalized spacial score (nSPS) is 22.5. The van der Waals surface area contributed by atoms with E-state index in [1.54, 1.807) is 18.7 Å². The molecule has 1 atom stereocenters. The standard InChI is InChI=1S/C10H17BrN2O2/c1-4-7-8(14)12-5-6-13(7)9(15)10(2,3)11/h7H,4-6H2,1-3H3,(H,12,14). The van der Waals surface area contributed by atoms with Crippen molar-refractivity contribution in [1.29, 1.82) is 0 Å². The highest BCUT2D eigenvalue weighted by molar-refractivity contribution is 9.10. The molecule has 1 rings (SSSR count). The number of piperazine rings is 1. The molecule has 1 aliphatic heterocycles. The Morgan fingerprint density at radius 1 is 1.67 bits per heavy atom. The third-order valence-corrected chi connectivity index (χ3v) is 2.83. The zero-order valence-electron chi connectivity index (χ0n) is 9.34. The Kier molecular flexibility index (Phi) is 3.76. The molecule has 15 heavy (non-hydrogen) atoms. The van der Waals surface area contributed by atoms with Gasteiger partial charge in [-0.25, -0.2) is 0 Å². The van der Waals surface area contributed by atoms with Gasteiger partial charge in [0.25, 0.3) is 0 Å². The van der Waals surface area contributed by atoms with Crippen molar-refractivity contribution in [3.63, 3.8) is 0 Å². The third-order valence-electron chi connectivity index (χ3n) is 2.49. The van der Waals surface area contributed by atoms with Crippen LogP contribution in [0.2, 0.25) is 0 Å². The first-order valence-electron chi connectivity index (χ1n) is 5.15. The molecule has 1 heterocycles. The molecule has 0 aliphatic carbocycles. The van der Waals surface area contributed by atoms with E-state index < -0.39 is 4.32 Å². The largest absolute Gasteiger partial charge is 0.353 e. The number of carbonyl (C=O) groups excluding carboxylic acids is 2. The molecule has 1 aliphatic rings. The first kappa shape index (κ1) is 12.5. The number of alkyl halides is 1. The summed E-state index contributed by atoms with van der Waals surface area (Å²) in [6.07, 6.45) is 0.653. The van der Waals surface area contributed by atoms with Gasteiger partial charge in [-0.2, -0.15) is 0 Å². The molecule has 4 nitrogen and oxygen atoms in total. The number of nitrogens with one attached hydrogen (secondary N) is 1. The van der Waals surface area contributed by atoms with Crippen LogP contribution in [0.5, 0.6) is 0 Å². The molecule has 2 amide bonds. The van der Waals surface area contributed by atoms with Crippen molar-refractivity contribution in [2.75, 3.05) is 13.1 Å². The highest BCUT2D eigenvalue weighted by Gasteiger charge is 2.37. The first-order chi connectivity index (χ1) is 6.88. The first-order valence-corrected chi connectivity index (χ1v) is 5.95. The van der Waals surface area contributed by atoms with Crippen molar-refractivity contribution < 1.29 is 9.59 Å². The summed E-state index contributed by atoms with van der Waals surface area (Å²) in [7, 11) is 0. The summed E-state index contributed by atoms with van der Waals surface area (Å²) < 4.78 is -0.599. The number of carbonyl (C=O) groups is 2. The molecule has 0 aromatic carbocycles. The van der Waals surface area contributed by atoms with Crippen LogP contribution in [0.25, 0.3) is 0 Å². The van der Waals surface area contributed by atoms with Gasteiger partial charge >= 0.3 is 0 Å². The van der Waals surface area contributed by atoms with Crippen LogP contribution >= 0.6 is 15.9 Å². The summed E-state index contributed by atoms with van der Waals surface area (Å²) in [6, 6.07) is -0.317. The molecular weight excluding hydrogens is 260 g/mol. The van der Waals surface area contributed by atoms with Crippen LogP contribution in [-0.2, 0) is 9.59 Å². The Labute approximate surface area is 98.5 Å². The van der Waals surface area contributed by atoms with E-state index in [1.165, 1.54) is 0 Å². The van der Waals surface area contributed by atoms with Crippen LogP contribution in [0.3, 0.4) is 0 Å². The highest BCUT2D eigenvalue weighted by atomic mass is 79.9. The SMILES string of the molecule is CCC1C(=O)NCCN1C(=O)C(C)(C)Br. The van der Waals surface area contributed by atoms with Crippen molar-refractivity contribution in [1.82, 2.24) is 10.2 Å². The quantitative estimate of drug-likeness (QED) is 0.762. The molecular formula is C10H17BrN2O2. The molecule has 0 aromatic heterocycles. The van der Waals surface area contributed by atoms with Gasteiger partial charge in [0.15, 0.2) is 0 Å². The van der Waals surface area contributed by atoms with E-state index in [2.05, 4.69) is 21.2 Å². The van der Waals surface area contributed by atoms with Crippen LogP contribution in [0.1, 0.15) is 27.2 Å². The number of halogens is 1. The zero-order valence-corrected chi connectivity index (χ0v) is 10.9. The van der Waals surface area contributed by atoms with Gasteiger partial charge in [0.1, 0.15) is 6.04 Å². The fourth-order valence-corrected chi connectivity index (χ4v) is 1.93. The summed E-state index contributed by atoms with van der Waals surface area (Å²) in [5.41, 5.74) is 0. The second kappa shape index (κ2) is 4.51. The zero-order chi connectivity index (χ0) is 11.6. The van der Waals surface area contributed by atoms with Crippen LogP contribution in [0.4, 0.5) is 0 Å². The monoisotopic (exact) mass is 276 g/mol. The molecule has 0 spiro atoms. The van der Waals surface area contributed by atoms with E-state index in [4.69, 9.17) is 0 Å². The minimum absolute atomic E-state index is 0.0239. The van der Waals surface area contributed by atoms with Gasteiger partial charge < -0.3 is 10.2 Å². The van der Waals surface area contributed by atoms with E-state index in [0.717, 1.165) is 0 Å². The van der Waals surface area contributed by atoms with Crippen LogP contribution in [0.15, 0.2) is 0 Å². The summed E-state index contributed by atoms with van der Waals surface area (Å²) in [6.45, 7) is 6.66. The number of amides is 2. The van der Waals surface area contributed by atoms with Crippen molar-refractivity contribution in [2.45, 2.75) is 37.6 Å². The number of nitrogens with zero attached hydrogens (tertiary/aromatic N) is 1. The smallest absolute Gasteiger partial charge is 0.242 e. The Morgan fingerprint density at radius 2 is 2.27 bits per heavy atom. The Morgan fingerprint density at radius 3 is 2.73 bits per heavy atom. The summed E-state index contributed by atoms with van der Waals surface area (Å²) in [5, 5.41) is 2.77. The molecule has 0 saturated carbocycles. The molecule has 1 unspecified atom stereocenters. The van der Waals surface area contributed by atoms with E-state index in [-0.39, 0.29) is 17.9 Å². The lowest BCUT2D eigenvalue weighted by Gasteiger charge is -2.37. The van der Waals surface area contributed by atoms with Gasteiger partial charge in [-0.3, -0.25) is 9.59 Å². The average Bonchev–Trinajstić information content (AvgIpc) is 2.14. The Hall–Kier alpha value is -0.580. The molecule has 1 saturated heterocycles. The fourth-order valence-electron chi connectivity index (χ4n) is 1.71. The van der Waals surface area contributed by atoms with E-state index in [9.17, 15) is 9.59 Å². The van der Waals surface area contributed by atoms with Gasteiger partial charge in [0.2, 0.25) is 11.8 Å². The highest BCUT2D eigenvalue weighted by Crippen LogP contribution is 2.22. The van der Waals surface area contributed by atoms with Crippen LogP contribution in [0, 0.1) is 0 Å². The lowest BCUT2D eigenvalue weighted by molar-refractivity contribution is -0.144. The fraction of sp³-hybridized carbons (Fsp3) is 0.800. The summed E-state index contributed by atoms with van der Waals surface area (Å²) in [4.78, 5) is 25.2. The Balaban J connectivity index is 2.83. The molecule has 5 heteroatoms. The summed E-state index contributed by atoms with van der Waals surface area (Å²) in [5.74, 6) is -0.0712. The van der Waals surface area contributed by atoms with E-state index in [0.29, 0.717) is 19.5 Å². The number of rotatable bonds is 2. The second-order valence-electron chi connectivity index (χ2n) is 4.19. The topological polar surface area (TPSA) is 49.4 Å². The van der Waals surface area contributed by atoms with Crippen molar-refractivity contribution in [3.05, 3.63) is 0 Å². The molecule has 1 N–H and O–H groups in total. The van der Waals surface area contributed by atoms with Crippen LogP contribution in [-0.4, -0.2) is 40.2 Å². The molecule has 1 fully saturated rings. The van der Waals surface area contributed by atoms with Gasteiger partial charge in [-0.15, -0.1) is 0 Å². The molecule has 0 bridgehead atoms. The number of hydrogen-bond donors (Lipinski definition) is 1. The van der Waals surface area contributed by atoms with Crippen LogP contribution < -0.4 is 5.32 Å². The third kappa shape index (κ3) is 2.71. The minimum Gasteiger partial charge on any atom is -0.353 e. The Bertz CT molecular complexity index is 273. The molecule has 0 radical (unpaired) electrons. The maximum absolute atomic E-state index is 12.0. The average molecular weight is 277 g/mol. The lowest BCUT2D eigenvalue weighted by Crippen LogP contribution is -2.59. The van der Waals surface area contributed by atoms with Crippen molar-refractivity contribution in [3.8, 4) is 0 Å². The van der Waals surface area contributed by atoms with Crippen molar-refractivity contribution >= 4 is 27.7 Å². The van der Waals surface area contributed by atoms with Gasteiger partial charge in [0.05, 0.1) is 4.32 Å². The van der Waals surface area contributed by atoms with Gasteiger partial charge in [-0.1, -0.05) is 22.9 Å². The lowest BCUT2D eigenvalue weighted by atomic mass is 10.1. The van der Waals surface area contributed by atoms with Crippen molar-refractivity contribution in [2.24, 2.45) is 0 Å². The molecule has 0 aromatic rings. The summed E-state index contributed by atoms with van der Waals surface area (Å²) >= 11 is 3.33. The van der Waals surface area contributed by atoms with E-state index >= 15 is 0 Å². The maximum Gasteiger partial charge on any atom is 0.242 e. The predicted octanol–water partition coefficient (Wildman–Crippen LogP) is 0.897. The second-order valence-corrected chi connectivity index (χ2v) is 6.17. The van der Waals surface area contributed by atoms with E-state index in [1.807, 2.05) is 6.92 Å². The molecule has 86 valence electrons. The van der Waals surface area contributed by atoms with Gasteiger partial charge in [0, 0.05) is 13.1 Å². The van der Waals surface area contributed by atoms with Gasteiger partial charge in [-0.05, 0) is 20.3 Å². The minimum atomic E-state index is -0.599.